The number of carbonyl (C=O) groups is 1. The Hall–Kier alpha value is -1.58. The van der Waals surface area contributed by atoms with E-state index in [0.29, 0.717) is 17.9 Å². The fraction of sp³-hybridized carbons (Fsp3) is 0.538. The Labute approximate surface area is 103 Å². The van der Waals surface area contributed by atoms with Gasteiger partial charge in [-0.1, -0.05) is 26.2 Å². The third kappa shape index (κ3) is 4.85. The molecule has 4 heteroatoms. The molecule has 3 N–H and O–H groups in total. The van der Waals surface area contributed by atoms with Gasteiger partial charge in [0.25, 0.3) is 0 Å². The number of aryl methyl sites for hydroxylation is 1. The number of amides is 1. The van der Waals surface area contributed by atoms with Crippen molar-refractivity contribution >= 4 is 17.4 Å². The van der Waals surface area contributed by atoms with Gasteiger partial charge in [0.1, 0.15) is 5.82 Å². The first-order valence-corrected chi connectivity index (χ1v) is 6.15. The lowest BCUT2D eigenvalue weighted by Gasteiger charge is -2.07. The quantitative estimate of drug-likeness (QED) is 0.745. The monoisotopic (exact) mass is 235 g/mol. The largest absolute Gasteiger partial charge is 0.397 e. The van der Waals surface area contributed by atoms with Crippen molar-refractivity contribution in [2.45, 2.75) is 46.0 Å². The highest BCUT2D eigenvalue weighted by molar-refractivity contribution is 5.90. The van der Waals surface area contributed by atoms with Crippen LogP contribution in [0.3, 0.4) is 0 Å². The molecule has 0 radical (unpaired) electrons. The van der Waals surface area contributed by atoms with Gasteiger partial charge in [0.2, 0.25) is 5.91 Å². The summed E-state index contributed by atoms with van der Waals surface area (Å²) in [5.74, 6) is 0.640. The highest BCUT2D eigenvalue weighted by Gasteiger charge is 2.05. The zero-order valence-corrected chi connectivity index (χ0v) is 10.6. The summed E-state index contributed by atoms with van der Waals surface area (Å²) in [6, 6.07) is 1.81. The molecule has 0 aromatic carbocycles. The molecule has 0 unspecified atom stereocenters. The van der Waals surface area contributed by atoms with Crippen LogP contribution in [0.15, 0.2) is 12.3 Å². The van der Waals surface area contributed by atoms with Crippen LogP contribution in [-0.4, -0.2) is 10.9 Å². The number of hydrogen-bond acceptors (Lipinski definition) is 3. The highest BCUT2D eigenvalue weighted by atomic mass is 16.1. The molecule has 1 rings (SSSR count). The van der Waals surface area contributed by atoms with Gasteiger partial charge in [-0.3, -0.25) is 4.79 Å². The molecule has 0 saturated heterocycles. The first-order valence-electron chi connectivity index (χ1n) is 6.15. The molecule has 17 heavy (non-hydrogen) atoms. The van der Waals surface area contributed by atoms with E-state index in [1.807, 2.05) is 6.92 Å². The number of carbonyl (C=O) groups excluding carboxylic acids is 1. The molecular formula is C13H21N3O. The van der Waals surface area contributed by atoms with E-state index in [2.05, 4.69) is 17.2 Å². The normalized spacial score (nSPS) is 10.2. The Bertz CT molecular complexity index is 377. The molecule has 4 nitrogen and oxygen atoms in total. The smallest absolute Gasteiger partial charge is 0.225 e. The second-order valence-electron chi connectivity index (χ2n) is 4.29. The van der Waals surface area contributed by atoms with Gasteiger partial charge < -0.3 is 11.1 Å². The summed E-state index contributed by atoms with van der Waals surface area (Å²) < 4.78 is 0. The van der Waals surface area contributed by atoms with Gasteiger partial charge in [0, 0.05) is 6.42 Å². The maximum Gasteiger partial charge on any atom is 0.225 e. The molecule has 0 spiro atoms. The minimum atomic E-state index is 0.0291. The number of aromatic nitrogens is 1. The molecule has 0 aliphatic heterocycles. The summed E-state index contributed by atoms with van der Waals surface area (Å²) in [4.78, 5) is 15.7. The fourth-order valence-electron chi connectivity index (χ4n) is 1.63. The summed E-state index contributed by atoms with van der Waals surface area (Å²) in [5, 5.41) is 2.81. The SMILES string of the molecule is CCCCCCC(=O)Nc1ncc(N)cc1C. The van der Waals surface area contributed by atoms with Crippen LogP contribution in [0.4, 0.5) is 11.5 Å². The maximum atomic E-state index is 11.6. The minimum Gasteiger partial charge on any atom is -0.397 e. The molecule has 0 aliphatic rings. The van der Waals surface area contributed by atoms with Crippen LogP contribution in [0.1, 0.15) is 44.6 Å². The number of nitrogens with zero attached hydrogens (tertiary/aromatic N) is 1. The summed E-state index contributed by atoms with van der Waals surface area (Å²) in [6.07, 6.45) is 6.53. The summed E-state index contributed by atoms with van der Waals surface area (Å²) >= 11 is 0. The van der Waals surface area contributed by atoms with Gasteiger partial charge in [-0.15, -0.1) is 0 Å². The van der Waals surface area contributed by atoms with Gasteiger partial charge in [-0.25, -0.2) is 4.98 Å². The molecule has 1 aromatic rings. The van der Waals surface area contributed by atoms with Gasteiger partial charge in [0.15, 0.2) is 0 Å². The van der Waals surface area contributed by atoms with Crippen molar-refractivity contribution in [1.82, 2.24) is 4.98 Å². The number of unbranched alkanes of at least 4 members (excludes halogenated alkanes) is 3. The Kier molecular flexibility index (Phi) is 5.46. The van der Waals surface area contributed by atoms with E-state index in [-0.39, 0.29) is 5.91 Å². The van der Waals surface area contributed by atoms with E-state index in [4.69, 9.17) is 5.73 Å². The number of rotatable bonds is 6. The zero-order valence-electron chi connectivity index (χ0n) is 10.6. The standard InChI is InChI=1S/C13H21N3O/c1-3-4-5-6-7-12(17)16-13-10(2)8-11(14)9-15-13/h8-9H,3-7,14H2,1-2H3,(H,15,16,17). The lowest BCUT2D eigenvalue weighted by molar-refractivity contribution is -0.116. The maximum absolute atomic E-state index is 11.6. The summed E-state index contributed by atoms with van der Waals surface area (Å²) in [5.41, 5.74) is 7.11. The predicted molar refractivity (Wildman–Crippen MR) is 70.8 cm³/mol. The number of anilines is 2. The van der Waals surface area contributed by atoms with E-state index in [1.54, 1.807) is 12.3 Å². The third-order valence-corrected chi connectivity index (χ3v) is 2.61. The van der Waals surface area contributed by atoms with Crippen molar-refractivity contribution in [3.8, 4) is 0 Å². The second-order valence-corrected chi connectivity index (χ2v) is 4.29. The van der Waals surface area contributed by atoms with Crippen LogP contribution in [0.2, 0.25) is 0 Å². The zero-order chi connectivity index (χ0) is 12.7. The van der Waals surface area contributed by atoms with E-state index < -0.39 is 0 Å². The molecule has 0 saturated carbocycles. The van der Waals surface area contributed by atoms with Crippen molar-refractivity contribution < 1.29 is 4.79 Å². The average molecular weight is 235 g/mol. The van der Waals surface area contributed by atoms with Gasteiger partial charge >= 0.3 is 0 Å². The van der Waals surface area contributed by atoms with Crippen molar-refractivity contribution in [3.63, 3.8) is 0 Å². The first kappa shape index (κ1) is 13.5. The molecule has 94 valence electrons. The molecule has 0 atom stereocenters. The van der Waals surface area contributed by atoms with Crippen molar-refractivity contribution in [3.05, 3.63) is 17.8 Å². The number of nitrogens with one attached hydrogen (secondary N) is 1. The molecule has 0 aliphatic carbocycles. The summed E-state index contributed by atoms with van der Waals surface area (Å²) in [7, 11) is 0. The van der Waals surface area contributed by atoms with Crippen LogP contribution in [0.25, 0.3) is 0 Å². The minimum absolute atomic E-state index is 0.0291. The molecule has 1 aromatic heterocycles. The second kappa shape index (κ2) is 6.89. The van der Waals surface area contributed by atoms with E-state index in [9.17, 15) is 4.79 Å². The topological polar surface area (TPSA) is 68.0 Å². The van der Waals surface area contributed by atoms with Crippen molar-refractivity contribution in [2.24, 2.45) is 0 Å². The third-order valence-electron chi connectivity index (χ3n) is 2.61. The molecule has 1 amide bonds. The number of hydrogen-bond donors (Lipinski definition) is 2. The Morgan fingerprint density at radius 2 is 2.18 bits per heavy atom. The van der Waals surface area contributed by atoms with Crippen LogP contribution >= 0.6 is 0 Å². The average Bonchev–Trinajstić information content (AvgIpc) is 2.28. The van der Waals surface area contributed by atoms with Gasteiger partial charge in [-0.2, -0.15) is 0 Å². The van der Waals surface area contributed by atoms with Gasteiger partial charge in [-0.05, 0) is 25.0 Å². The van der Waals surface area contributed by atoms with Crippen LogP contribution in [0.5, 0.6) is 0 Å². The number of nitrogens with two attached hydrogens (primary N) is 1. The Morgan fingerprint density at radius 1 is 1.41 bits per heavy atom. The molecule has 1 heterocycles. The van der Waals surface area contributed by atoms with Crippen LogP contribution in [0, 0.1) is 6.92 Å². The Morgan fingerprint density at radius 3 is 2.82 bits per heavy atom. The molecule has 0 bridgehead atoms. The first-order chi connectivity index (χ1) is 8.13. The van der Waals surface area contributed by atoms with Crippen LogP contribution in [-0.2, 0) is 4.79 Å². The highest BCUT2D eigenvalue weighted by Crippen LogP contribution is 2.14. The predicted octanol–water partition coefficient (Wildman–Crippen LogP) is 2.88. The lowest BCUT2D eigenvalue weighted by Crippen LogP contribution is -2.13. The van der Waals surface area contributed by atoms with Gasteiger partial charge in [0.05, 0.1) is 11.9 Å². The van der Waals surface area contributed by atoms with Crippen molar-refractivity contribution in [2.75, 3.05) is 11.1 Å². The summed E-state index contributed by atoms with van der Waals surface area (Å²) in [6.45, 7) is 4.04. The number of pyridine rings is 1. The lowest BCUT2D eigenvalue weighted by atomic mass is 10.1. The van der Waals surface area contributed by atoms with Crippen LogP contribution < -0.4 is 11.1 Å². The van der Waals surface area contributed by atoms with E-state index in [0.717, 1.165) is 18.4 Å². The van der Waals surface area contributed by atoms with Crippen molar-refractivity contribution in [1.29, 1.82) is 0 Å². The fourth-order valence-corrected chi connectivity index (χ4v) is 1.63. The Balaban J connectivity index is 2.40. The van der Waals surface area contributed by atoms with E-state index in [1.165, 1.54) is 12.8 Å². The molecule has 0 fully saturated rings. The number of nitrogen functional groups attached to an aromatic ring is 1. The molecular weight excluding hydrogens is 214 g/mol. The van der Waals surface area contributed by atoms with E-state index >= 15 is 0 Å².